The number of rotatable bonds is 0. The van der Waals surface area contributed by atoms with Crippen molar-refractivity contribution in [2.45, 2.75) is 0 Å². The average Bonchev–Trinajstić information content (AvgIpc) is 1.62. The fraction of sp³-hybridized carbons (Fsp3) is 0. The van der Waals surface area contributed by atoms with E-state index in [2.05, 4.69) is 0 Å². The quantitative estimate of drug-likeness (QED) is 0.384. The molecule has 0 aliphatic carbocycles. The molecule has 0 amide bonds. The zero-order valence-corrected chi connectivity index (χ0v) is 12.0. The lowest BCUT2D eigenvalue weighted by molar-refractivity contribution is 3.16. The molecule has 3 aliphatic heterocycles. The van der Waals surface area contributed by atoms with Gasteiger partial charge in [0.1, 0.15) is 0 Å². The molecule has 0 nitrogen and oxygen atoms in total. The highest BCUT2D eigenvalue weighted by Gasteiger charge is 2.62. The van der Waals surface area contributed by atoms with Crippen LogP contribution in [0.5, 0.6) is 0 Å². The van der Waals surface area contributed by atoms with Crippen molar-refractivity contribution in [1.82, 2.24) is 0 Å². The molecule has 0 aromatic carbocycles. The van der Waals surface area contributed by atoms with Gasteiger partial charge in [0, 0.05) is 29.4 Å². The van der Waals surface area contributed by atoms with E-state index >= 15 is 0 Å². The predicted octanol–water partition coefficient (Wildman–Crippen LogP) is -3.05. The van der Waals surface area contributed by atoms with Gasteiger partial charge in [-0.2, -0.15) is 0 Å². The van der Waals surface area contributed by atoms with Crippen LogP contribution in [0.2, 0.25) is 0 Å². The molecule has 0 N–H and O–H groups in total. The van der Waals surface area contributed by atoms with E-state index < -0.39 is 0 Å². The number of hydrogen-bond acceptors (Lipinski definition) is 0. The first-order chi connectivity index (χ1) is 3.92. The van der Waals surface area contributed by atoms with Gasteiger partial charge in [-0.05, 0) is 32.5 Å². The summed E-state index contributed by atoms with van der Waals surface area (Å²) in [5, 5.41) is 0. The van der Waals surface area contributed by atoms with Crippen molar-refractivity contribution in [3.8, 4) is 0 Å². The minimum atomic E-state index is 0. The zero-order valence-electron chi connectivity index (χ0n) is 4.00. The highest BCUT2D eigenvalue weighted by atomic mass is 30.7. The van der Waals surface area contributed by atoms with Crippen LogP contribution in [0.3, 0.4) is 0 Å². The average molecular weight is 225 g/mol. The van der Waals surface area contributed by atoms with Crippen molar-refractivity contribution in [2.24, 2.45) is 0 Å². The van der Waals surface area contributed by atoms with Crippen LogP contribution in [0.4, 0.5) is 0 Å². The highest BCUT2D eigenvalue weighted by molar-refractivity contribution is 8.35. The lowest BCUT2D eigenvalue weighted by atomic mass is 25.5. The third kappa shape index (κ3) is 0.397. The Morgan fingerprint density at radius 2 is 1.62 bits per heavy atom. The van der Waals surface area contributed by atoms with E-state index in [1.807, 2.05) is 0 Å². The molecule has 8 heteroatoms. The van der Waals surface area contributed by atoms with E-state index in [4.69, 9.17) is 0 Å². The Kier molecular flexibility index (Phi) is 1.00. The lowest BCUT2D eigenvalue weighted by Crippen LogP contribution is -2.97. The van der Waals surface area contributed by atoms with Crippen LogP contribution in [-0.4, -0.2) is 61.9 Å². The van der Waals surface area contributed by atoms with Crippen molar-refractivity contribution >= 4 is 61.9 Å². The molecule has 0 saturated carbocycles. The van der Waals surface area contributed by atoms with Gasteiger partial charge in [-0.1, -0.05) is 0 Å². The Morgan fingerprint density at radius 1 is 1.00 bits per heavy atom. The van der Waals surface area contributed by atoms with Crippen molar-refractivity contribution in [2.75, 3.05) is 0 Å². The Hall–Kier alpha value is 1.74. The Bertz CT molecular complexity index is 176. The summed E-state index contributed by atoms with van der Waals surface area (Å²) in [5.74, 6) is 0. The summed E-state index contributed by atoms with van der Waals surface area (Å²) >= 11 is 0. The second-order valence-electron chi connectivity index (χ2n) is 2.12. The van der Waals surface area contributed by atoms with Crippen LogP contribution in [0.25, 0.3) is 0 Å². The van der Waals surface area contributed by atoms with E-state index in [1.165, 1.54) is 0 Å². The first kappa shape index (κ1) is 5.39. The molecule has 32 valence electrons. The molecule has 8 radical (unpaired) electrons. The van der Waals surface area contributed by atoms with Gasteiger partial charge in [-0.25, -0.2) is 0 Å². The maximum absolute atomic E-state index is 1.70. The van der Waals surface area contributed by atoms with E-state index in [0.29, 0.717) is 14.7 Å². The summed E-state index contributed by atoms with van der Waals surface area (Å²) in [7, 11) is 9.49. The van der Waals surface area contributed by atoms with Gasteiger partial charge < -0.3 is 0 Å². The van der Waals surface area contributed by atoms with Gasteiger partial charge in [0.05, 0.1) is 0 Å². The molecule has 3 rings (SSSR count). The normalized spacial score (nSPS) is 36.5. The lowest BCUT2D eigenvalue weighted by Gasteiger charge is -2.58. The molecule has 8 heavy (non-hydrogen) atoms. The summed E-state index contributed by atoms with van der Waals surface area (Å²) in [6.45, 7) is 0. The van der Waals surface area contributed by atoms with E-state index in [0.717, 1.165) is 0 Å². The molecule has 1 saturated heterocycles. The van der Waals surface area contributed by atoms with E-state index in [9.17, 15) is 0 Å². The van der Waals surface area contributed by atoms with Crippen LogP contribution in [-0.2, 0) is 0 Å². The monoisotopic (exact) mass is 224 g/mol. The SMILES string of the molecule is [Si]1[Si]2[Si]=[Si][Si]23[Si]=[Si][Si]13. The van der Waals surface area contributed by atoms with Gasteiger partial charge in [0.15, 0.2) is 0 Å². The third-order valence-corrected chi connectivity index (χ3v) is 142. The summed E-state index contributed by atoms with van der Waals surface area (Å²) in [6, 6.07) is 0. The first-order valence-corrected chi connectivity index (χ1v) is 22.5. The maximum atomic E-state index is 1.70. The van der Waals surface area contributed by atoms with Gasteiger partial charge >= 0.3 is 0 Å². The molecule has 0 bridgehead atoms. The van der Waals surface area contributed by atoms with Crippen molar-refractivity contribution in [3.63, 3.8) is 0 Å². The maximum Gasteiger partial charge on any atom is 0.0448 e. The standard InChI is InChI=1S/Si8/c1-3-8-4-2-7(8)5-6(1)8. The van der Waals surface area contributed by atoms with Gasteiger partial charge in [-0.3, -0.25) is 0 Å². The molecule has 1 spiro atoms. The van der Waals surface area contributed by atoms with Gasteiger partial charge in [-0.15, -0.1) is 0 Å². The summed E-state index contributed by atoms with van der Waals surface area (Å²) in [5.41, 5.74) is 0. The van der Waals surface area contributed by atoms with E-state index in [1.54, 1.807) is 41.1 Å². The fourth-order valence-electron chi connectivity index (χ4n) is 1.09. The molecule has 0 aromatic rings. The molecule has 0 atom stereocenters. The molecule has 1 fully saturated rings. The Morgan fingerprint density at radius 3 is 1.62 bits per heavy atom. The molecular weight excluding hydrogens is 225 g/mol. The minimum Gasteiger partial charge on any atom is -0.0302 e. The van der Waals surface area contributed by atoms with Crippen LogP contribution in [0.15, 0.2) is 0 Å². The number of hydrogen-bond donors (Lipinski definition) is 0. The van der Waals surface area contributed by atoms with Crippen molar-refractivity contribution in [1.29, 1.82) is 0 Å². The van der Waals surface area contributed by atoms with Gasteiger partial charge in [0.25, 0.3) is 0 Å². The summed E-state index contributed by atoms with van der Waals surface area (Å²) in [6.07, 6.45) is 0. The Labute approximate surface area is 61.8 Å². The zero-order chi connectivity index (χ0) is 5.19. The van der Waals surface area contributed by atoms with Crippen molar-refractivity contribution in [3.05, 3.63) is 0 Å². The molecule has 3 heterocycles. The Balaban J connectivity index is 2.22. The molecule has 0 aromatic heterocycles. The predicted molar refractivity (Wildman–Crippen MR) is 46.0 cm³/mol. The van der Waals surface area contributed by atoms with Gasteiger partial charge in [0.2, 0.25) is 0 Å². The van der Waals surface area contributed by atoms with Crippen LogP contribution in [0, 0.1) is 0 Å². The summed E-state index contributed by atoms with van der Waals surface area (Å²) in [4.78, 5) is 0. The van der Waals surface area contributed by atoms with Crippen LogP contribution < -0.4 is 0 Å². The minimum absolute atomic E-state index is 0. The fourth-order valence-corrected chi connectivity index (χ4v) is 235. The highest BCUT2D eigenvalue weighted by Crippen LogP contribution is 2.22. The first-order valence-electron chi connectivity index (χ1n) is 2.50. The molecule has 0 unspecified atom stereocenters. The van der Waals surface area contributed by atoms with Crippen LogP contribution >= 0.6 is 0 Å². The largest absolute Gasteiger partial charge is 0.0448 e. The van der Waals surface area contributed by atoms with Crippen molar-refractivity contribution < 1.29 is 0 Å². The molecular formula is Si8. The summed E-state index contributed by atoms with van der Waals surface area (Å²) < 4.78 is 0. The van der Waals surface area contributed by atoms with Crippen LogP contribution in [0.1, 0.15) is 0 Å². The smallest absolute Gasteiger partial charge is 0.0302 e. The second kappa shape index (κ2) is 1.49. The second-order valence-corrected chi connectivity index (χ2v) is 57.4. The molecule has 3 aliphatic rings. The topological polar surface area (TPSA) is 0 Å². The third-order valence-electron chi connectivity index (χ3n) is 1.75. The van der Waals surface area contributed by atoms with E-state index in [-0.39, 0.29) is 6.14 Å².